The average molecular weight is 318 g/mol. The van der Waals surface area contributed by atoms with Crippen molar-refractivity contribution in [2.45, 2.75) is 12.4 Å². The summed E-state index contributed by atoms with van der Waals surface area (Å²) >= 11 is 0. The number of phenolic OH excluding ortho intramolecular Hbond substituents is 1. The van der Waals surface area contributed by atoms with Crippen molar-refractivity contribution in [3.63, 3.8) is 0 Å². The molecule has 0 unspecified atom stereocenters. The summed E-state index contributed by atoms with van der Waals surface area (Å²) in [5.74, 6) is -2.68. The van der Waals surface area contributed by atoms with Crippen LogP contribution in [0.1, 0.15) is 10.4 Å². The molecule has 1 N–H and O–H groups in total. The van der Waals surface area contributed by atoms with E-state index < -0.39 is 42.8 Å². The van der Waals surface area contributed by atoms with E-state index in [0.717, 1.165) is 12.1 Å². The van der Waals surface area contributed by atoms with E-state index in [-0.39, 0.29) is 11.8 Å². The fraction of sp³-hybridized carbons (Fsp3) is 0.364. The topological polar surface area (TPSA) is 55.8 Å². The summed E-state index contributed by atoms with van der Waals surface area (Å²) in [6, 6.07) is 1.49. The third kappa shape index (κ3) is 5.79. The summed E-state index contributed by atoms with van der Waals surface area (Å²) in [6.45, 7) is -3.58. The van der Waals surface area contributed by atoms with E-state index in [1.165, 1.54) is 0 Å². The molecule has 0 aliphatic rings. The molecule has 0 aliphatic carbocycles. The molecule has 10 heteroatoms. The van der Waals surface area contributed by atoms with Crippen molar-refractivity contribution in [3.8, 4) is 17.2 Å². The van der Waals surface area contributed by atoms with Crippen molar-refractivity contribution in [1.29, 1.82) is 0 Å². The van der Waals surface area contributed by atoms with Gasteiger partial charge in [-0.25, -0.2) is 0 Å². The molecule has 0 atom stereocenters. The van der Waals surface area contributed by atoms with Crippen LogP contribution in [0.25, 0.3) is 0 Å². The molecule has 1 aromatic carbocycles. The van der Waals surface area contributed by atoms with Crippen LogP contribution in [0.15, 0.2) is 12.1 Å². The van der Waals surface area contributed by atoms with Gasteiger partial charge < -0.3 is 14.6 Å². The second-order valence-corrected chi connectivity index (χ2v) is 3.79. The summed E-state index contributed by atoms with van der Waals surface area (Å²) in [6.07, 6.45) is -9.30. The molecule has 4 nitrogen and oxygen atoms in total. The normalized spacial score (nSPS) is 12.1. The molecule has 0 fully saturated rings. The Balaban J connectivity index is 3.00. The zero-order chi connectivity index (χ0) is 16.3. The number of aromatic hydroxyl groups is 1. The van der Waals surface area contributed by atoms with Crippen LogP contribution in [0.2, 0.25) is 0 Å². The van der Waals surface area contributed by atoms with Gasteiger partial charge in [0.2, 0.25) is 5.75 Å². The van der Waals surface area contributed by atoms with Crippen molar-refractivity contribution in [2.75, 3.05) is 13.2 Å². The molecule has 0 saturated carbocycles. The highest BCUT2D eigenvalue weighted by molar-refractivity contribution is 5.78. The zero-order valence-corrected chi connectivity index (χ0v) is 10.1. The van der Waals surface area contributed by atoms with Crippen LogP contribution >= 0.6 is 0 Å². The Labute approximate surface area is 113 Å². The van der Waals surface area contributed by atoms with Gasteiger partial charge in [-0.2, -0.15) is 26.3 Å². The predicted molar refractivity (Wildman–Crippen MR) is 56.6 cm³/mol. The molecule has 1 aromatic rings. The van der Waals surface area contributed by atoms with E-state index in [4.69, 9.17) is 0 Å². The fourth-order valence-electron chi connectivity index (χ4n) is 1.21. The Morgan fingerprint density at radius 1 is 0.952 bits per heavy atom. The van der Waals surface area contributed by atoms with Crippen molar-refractivity contribution in [2.24, 2.45) is 0 Å². The van der Waals surface area contributed by atoms with Crippen molar-refractivity contribution >= 4 is 6.29 Å². The Hall–Kier alpha value is -2.13. The Morgan fingerprint density at radius 2 is 1.33 bits per heavy atom. The average Bonchev–Trinajstić information content (AvgIpc) is 2.34. The highest BCUT2D eigenvalue weighted by Gasteiger charge is 2.31. The van der Waals surface area contributed by atoms with E-state index in [9.17, 15) is 36.2 Å². The van der Waals surface area contributed by atoms with Gasteiger partial charge in [0.1, 0.15) is 6.29 Å². The van der Waals surface area contributed by atoms with E-state index in [1.54, 1.807) is 0 Å². The number of hydrogen-bond donors (Lipinski definition) is 1. The number of carbonyl (C=O) groups is 1. The first-order valence-corrected chi connectivity index (χ1v) is 5.23. The van der Waals surface area contributed by atoms with Crippen LogP contribution in [0.4, 0.5) is 26.3 Å². The molecular weight excluding hydrogens is 310 g/mol. The van der Waals surface area contributed by atoms with Crippen molar-refractivity contribution in [1.82, 2.24) is 0 Å². The number of hydrogen-bond acceptors (Lipinski definition) is 4. The maximum atomic E-state index is 12.0. The van der Waals surface area contributed by atoms with Crippen LogP contribution in [0.5, 0.6) is 17.2 Å². The van der Waals surface area contributed by atoms with E-state index in [1.807, 2.05) is 0 Å². The number of rotatable bonds is 5. The van der Waals surface area contributed by atoms with Gasteiger partial charge in [-0.15, -0.1) is 0 Å². The summed E-state index contributed by atoms with van der Waals surface area (Å²) in [4.78, 5) is 10.6. The SMILES string of the molecule is O=Cc1cc(OCC(F)(F)F)c(O)c(OCC(F)(F)F)c1. The molecule has 21 heavy (non-hydrogen) atoms. The molecule has 0 spiro atoms. The summed E-state index contributed by atoms with van der Waals surface area (Å²) in [5, 5.41) is 9.50. The first-order chi connectivity index (χ1) is 9.52. The van der Waals surface area contributed by atoms with E-state index in [2.05, 4.69) is 9.47 Å². The number of alkyl halides is 6. The number of halogens is 6. The highest BCUT2D eigenvalue weighted by atomic mass is 19.4. The minimum atomic E-state index is -4.73. The molecule has 0 amide bonds. The number of benzene rings is 1. The standard InChI is InChI=1S/C11H8F6O4/c12-10(13,14)4-20-7-1-6(3-18)2-8(9(7)19)21-5-11(15,16)17/h1-3,19H,4-5H2. The minimum Gasteiger partial charge on any atom is -0.502 e. The van der Waals surface area contributed by atoms with Gasteiger partial charge in [0, 0.05) is 5.56 Å². The molecule has 0 aromatic heterocycles. The summed E-state index contributed by atoms with van der Waals surface area (Å²) in [5.41, 5.74) is -0.317. The number of ether oxygens (including phenoxy) is 2. The van der Waals surface area contributed by atoms with Crippen LogP contribution in [-0.4, -0.2) is 37.0 Å². The van der Waals surface area contributed by atoms with Crippen LogP contribution in [-0.2, 0) is 0 Å². The highest BCUT2D eigenvalue weighted by Crippen LogP contribution is 2.38. The van der Waals surface area contributed by atoms with Gasteiger partial charge >= 0.3 is 12.4 Å². The van der Waals surface area contributed by atoms with Crippen LogP contribution in [0, 0.1) is 0 Å². The lowest BCUT2D eigenvalue weighted by molar-refractivity contribution is -0.154. The fourth-order valence-corrected chi connectivity index (χ4v) is 1.21. The third-order valence-corrected chi connectivity index (χ3v) is 1.98. The first-order valence-electron chi connectivity index (χ1n) is 5.23. The zero-order valence-electron chi connectivity index (χ0n) is 10.1. The second-order valence-electron chi connectivity index (χ2n) is 3.79. The van der Waals surface area contributed by atoms with Crippen LogP contribution in [0.3, 0.4) is 0 Å². The van der Waals surface area contributed by atoms with Crippen LogP contribution < -0.4 is 9.47 Å². The molecular formula is C11H8F6O4. The minimum absolute atomic E-state index is 0.153. The summed E-state index contributed by atoms with van der Waals surface area (Å²) < 4.78 is 80.5. The van der Waals surface area contributed by atoms with E-state index in [0.29, 0.717) is 0 Å². The largest absolute Gasteiger partial charge is 0.502 e. The molecule has 0 saturated heterocycles. The monoisotopic (exact) mass is 318 g/mol. The van der Waals surface area contributed by atoms with Gasteiger partial charge in [0.25, 0.3) is 0 Å². The lowest BCUT2D eigenvalue weighted by Crippen LogP contribution is -2.20. The summed E-state index contributed by atoms with van der Waals surface area (Å²) in [7, 11) is 0. The number of carbonyl (C=O) groups excluding carboxylic acids is 1. The maximum Gasteiger partial charge on any atom is 0.422 e. The maximum absolute atomic E-state index is 12.0. The molecule has 0 heterocycles. The molecule has 0 bridgehead atoms. The molecule has 118 valence electrons. The van der Waals surface area contributed by atoms with Gasteiger partial charge in [-0.05, 0) is 12.1 Å². The Kier molecular flexibility index (Phi) is 4.92. The van der Waals surface area contributed by atoms with Gasteiger partial charge in [-0.1, -0.05) is 0 Å². The molecule has 1 rings (SSSR count). The first kappa shape index (κ1) is 16.9. The second kappa shape index (κ2) is 6.10. The number of phenols is 1. The quantitative estimate of drug-likeness (QED) is 0.669. The lowest BCUT2D eigenvalue weighted by atomic mass is 10.2. The van der Waals surface area contributed by atoms with Crippen molar-refractivity contribution in [3.05, 3.63) is 17.7 Å². The number of aldehydes is 1. The Bertz CT molecular complexity index is 469. The van der Waals surface area contributed by atoms with Crippen molar-refractivity contribution < 1.29 is 45.7 Å². The van der Waals surface area contributed by atoms with Gasteiger partial charge in [-0.3, -0.25) is 4.79 Å². The third-order valence-electron chi connectivity index (χ3n) is 1.98. The molecule has 0 radical (unpaired) electrons. The predicted octanol–water partition coefficient (Wildman–Crippen LogP) is 3.09. The van der Waals surface area contributed by atoms with Gasteiger partial charge in [0.15, 0.2) is 24.7 Å². The Morgan fingerprint density at radius 3 is 1.62 bits per heavy atom. The lowest BCUT2D eigenvalue weighted by Gasteiger charge is -2.15. The van der Waals surface area contributed by atoms with E-state index >= 15 is 0 Å². The van der Waals surface area contributed by atoms with Gasteiger partial charge in [0.05, 0.1) is 0 Å². The molecule has 0 aliphatic heterocycles. The smallest absolute Gasteiger partial charge is 0.422 e.